The van der Waals surface area contributed by atoms with Crippen molar-refractivity contribution in [3.05, 3.63) is 89.3 Å². The summed E-state index contributed by atoms with van der Waals surface area (Å²) in [6.07, 6.45) is 3.13. The van der Waals surface area contributed by atoms with Gasteiger partial charge in [-0.05, 0) is 35.9 Å². The molecule has 0 radical (unpaired) electrons. The number of carbonyl (C=O) groups is 1. The average molecular weight is 376 g/mol. The molecular weight excluding hydrogens is 365 g/mol. The topological polar surface area (TPSA) is 49.9 Å². The van der Waals surface area contributed by atoms with E-state index in [4.69, 9.17) is 23.2 Å². The number of halogens is 2. The second-order valence-corrected chi connectivity index (χ2v) is 6.96. The Kier molecular flexibility index (Phi) is 5.00. The summed E-state index contributed by atoms with van der Waals surface area (Å²) in [7, 11) is 0. The van der Waals surface area contributed by atoms with Gasteiger partial charge in [-0.2, -0.15) is 0 Å². The van der Waals surface area contributed by atoms with E-state index >= 15 is 0 Å². The molecule has 0 fully saturated rings. The SMILES string of the molecule is O=C(/C=c1/[nH]c(=O)/c(=C/c2cccc(Cl)c2)s1)c1cccc(Cl)c1. The van der Waals surface area contributed by atoms with Gasteiger partial charge in [0.1, 0.15) is 0 Å². The zero-order valence-corrected chi connectivity index (χ0v) is 14.6. The molecule has 3 aromatic rings. The van der Waals surface area contributed by atoms with Crippen molar-refractivity contribution in [3.8, 4) is 0 Å². The molecule has 0 aliphatic carbocycles. The number of benzene rings is 2. The number of nitrogens with one attached hydrogen (secondary N) is 1. The van der Waals surface area contributed by atoms with Crippen LogP contribution in [0, 0.1) is 0 Å². The van der Waals surface area contributed by atoms with Crippen LogP contribution in [0.2, 0.25) is 10.0 Å². The van der Waals surface area contributed by atoms with Crippen LogP contribution in [0.1, 0.15) is 15.9 Å². The van der Waals surface area contributed by atoms with E-state index in [9.17, 15) is 9.59 Å². The fourth-order valence-corrected chi connectivity index (χ4v) is 3.39. The lowest BCUT2D eigenvalue weighted by atomic mass is 10.1. The molecule has 2 aromatic carbocycles. The molecule has 0 aliphatic rings. The van der Waals surface area contributed by atoms with E-state index in [1.54, 1.807) is 42.5 Å². The predicted octanol–water partition coefficient (Wildman–Crippen LogP) is 3.24. The van der Waals surface area contributed by atoms with E-state index in [0.717, 1.165) is 5.56 Å². The van der Waals surface area contributed by atoms with Gasteiger partial charge < -0.3 is 4.98 Å². The maximum Gasteiger partial charge on any atom is 0.266 e. The summed E-state index contributed by atoms with van der Waals surface area (Å²) >= 11 is 13.0. The molecule has 6 heteroatoms. The van der Waals surface area contributed by atoms with Crippen molar-refractivity contribution in [1.82, 2.24) is 4.98 Å². The smallest absolute Gasteiger partial charge is 0.266 e. The number of rotatable bonds is 3. The number of Topliss-reactive ketones (excluding diaryl/α,β-unsaturated/α-hetero) is 1. The Morgan fingerprint density at radius 1 is 1.04 bits per heavy atom. The maximum absolute atomic E-state index is 12.2. The first-order valence-electron chi connectivity index (χ1n) is 6.99. The first kappa shape index (κ1) is 16.7. The van der Waals surface area contributed by atoms with Gasteiger partial charge in [-0.1, -0.05) is 47.5 Å². The van der Waals surface area contributed by atoms with Gasteiger partial charge in [-0.25, -0.2) is 0 Å². The molecule has 120 valence electrons. The fraction of sp³-hybridized carbons (Fsp3) is 0. The van der Waals surface area contributed by atoms with Gasteiger partial charge in [0, 0.05) is 21.7 Å². The van der Waals surface area contributed by atoms with E-state index in [-0.39, 0.29) is 11.3 Å². The monoisotopic (exact) mass is 375 g/mol. The van der Waals surface area contributed by atoms with E-state index in [0.29, 0.717) is 24.8 Å². The molecule has 1 heterocycles. The van der Waals surface area contributed by atoms with Crippen LogP contribution in [0.15, 0.2) is 53.3 Å². The van der Waals surface area contributed by atoms with E-state index in [2.05, 4.69) is 4.98 Å². The first-order chi connectivity index (χ1) is 11.5. The van der Waals surface area contributed by atoms with Crippen molar-refractivity contribution >= 4 is 52.5 Å². The van der Waals surface area contributed by atoms with Crippen molar-refractivity contribution in [1.29, 1.82) is 0 Å². The van der Waals surface area contributed by atoms with Gasteiger partial charge in [0.2, 0.25) is 0 Å². The lowest BCUT2D eigenvalue weighted by molar-refractivity contribution is 0.106. The summed E-state index contributed by atoms with van der Waals surface area (Å²) in [6.45, 7) is 0. The van der Waals surface area contributed by atoms with Crippen molar-refractivity contribution in [2.45, 2.75) is 0 Å². The second kappa shape index (κ2) is 7.18. The van der Waals surface area contributed by atoms with E-state index < -0.39 is 0 Å². The Bertz CT molecular complexity index is 1080. The quantitative estimate of drug-likeness (QED) is 0.714. The molecule has 0 saturated heterocycles. The van der Waals surface area contributed by atoms with Gasteiger partial charge in [0.05, 0.1) is 9.20 Å². The number of thiazole rings is 1. The number of hydrogen-bond donors (Lipinski definition) is 1. The molecule has 0 aliphatic heterocycles. The Balaban J connectivity index is 2.00. The highest BCUT2D eigenvalue weighted by molar-refractivity contribution is 7.07. The fourth-order valence-electron chi connectivity index (χ4n) is 2.12. The van der Waals surface area contributed by atoms with Crippen LogP contribution in [0.5, 0.6) is 0 Å². The largest absolute Gasteiger partial charge is 0.313 e. The molecule has 24 heavy (non-hydrogen) atoms. The number of aromatic amines is 1. The Morgan fingerprint density at radius 3 is 2.46 bits per heavy atom. The molecule has 0 saturated carbocycles. The Morgan fingerprint density at radius 2 is 1.75 bits per heavy atom. The minimum Gasteiger partial charge on any atom is -0.313 e. The highest BCUT2D eigenvalue weighted by atomic mass is 35.5. The lowest BCUT2D eigenvalue weighted by Crippen LogP contribution is -2.20. The first-order valence-corrected chi connectivity index (χ1v) is 8.56. The van der Waals surface area contributed by atoms with Crippen molar-refractivity contribution in [2.75, 3.05) is 0 Å². The van der Waals surface area contributed by atoms with Crippen LogP contribution in [-0.2, 0) is 0 Å². The lowest BCUT2D eigenvalue weighted by Gasteiger charge is -1.95. The molecule has 0 spiro atoms. The van der Waals surface area contributed by atoms with E-state index in [1.807, 2.05) is 12.1 Å². The third-order valence-electron chi connectivity index (χ3n) is 3.20. The van der Waals surface area contributed by atoms with Crippen molar-refractivity contribution in [2.24, 2.45) is 0 Å². The van der Waals surface area contributed by atoms with E-state index in [1.165, 1.54) is 17.4 Å². The zero-order valence-electron chi connectivity index (χ0n) is 12.3. The molecule has 3 nitrogen and oxygen atoms in total. The normalized spacial score (nSPS) is 12.6. The summed E-state index contributed by atoms with van der Waals surface area (Å²) in [5.74, 6) is -0.218. The minimum atomic E-state index is -0.245. The van der Waals surface area contributed by atoms with Gasteiger partial charge in [0.15, 0.2) is 5.78 Å². The summed E-state index contributed by atoms with van der Waals surface area (Å²) in [4.78, 5) is 27.0. The molecule has 0 bridgehead atoms. The molecule has 1 N–H and O–H groups in total. The summed E-state index contributed by atoms with van der Waals surface area (Å²) < 4.78 is 0.987. The number of carbonyl (C=O) groups excluding carboxylic acids is 1. The third kappa shape index (κ3) is 4.03. The summed E-state index contributed by atoms with van der Waals surface area (Å²) in [5, 5.41) is 1.09. The summed E-state index contributed by atoms with van der Waals surface area (Å²) in [6, 6.07) is 13.9. The highest BCUT2D eigenvalue weighted by Gasteiger charge is 2.04. The Hall–Kier alpha value is -2.14. The minimum absolute atomic E-state index is 0.218. The average Bonchev–Trinajstić information content (AvgIpc) is 2.87. The molecule has 0 unspecified atom stereocenters. The number of hydrogen-bond acceptors (Lipinski definition) is 3. The van der Waals surface area contributed by atoms with Crippen molar-refractivity contribution < 1.29 is 4.79 Å². The van der Waals surface area contributed by atoms with Gasteiger partial charge in [-0.3, -0.25) is 9.59 Å². The highest BCUT2D eigenvalue weighted by Crippen LogP contribution is 2.12. The number of H-pyrrole nitrogens is 1. The molecule has 0 amide bonds. The van der Waals surface area contributed by atoms with Crippen LogP contribution in [-0.4, -0.2) is 10.8 Å². The standard InChI is InChI=1S/C18H11Cl2NO2S/c19-13-5-1-3-11(7-13)8-16-18(23)21-17(24-16)10-15(22)12-4-2-6-14(20)9-12/h1-10H,(H,21,23)/b16-8-,17-10-. The molecule has 1 aromatic heterocycles. The van der Waals surface area contributed by atoms with Crippen LogP contribution < -0.4 is 14.8 Å². The summed E-state index contributed by atoms with van der Waals surface area (Å²) in [5.41, 5.74) is 1.05. The molecule has 0 atom stereocenters. The van der Waals surface area contributed by atoms with Crippen LogP contribution in [0.4, 0.5) is 0 Å². The number of aromatic nitrogens is 1. The van der Waals surface area contributed by atoms with Crippen LogP contribution in [0.3, 0.4) is 0 Å². The van der Waals surface area contributed by atoms with Crippen molar-refractivity contribution in [3.63, 3.8) is 0 Å². The molecular formula is C18H11Cl2NO2S. The van der Waals surface area contributed by atoms with Gasteiger partial charge in [-0.15, -0.1) is 11.3 Å². The number of ketones is 1. The second-order valence-electron chi connectivity index (χ2n) is 5.00. The van der Waals surface area contributed by atoms with Crippen LogP contribution >= 0.6 is 34.5 Å². The molecule has 3 rings (SSSR count). The third-order valence-corrected chi connectivity index (χ3v) is 4.63. The maximum atomic E-state index is 12.2. The zero-order chi connectivity index (χ0) is 17.1. The Labute approximate surface area is 151 Å². The van der Waals surface area contributed by atoms with Gasteiger partial charge >= 0.3 is 0 Å². The predicted molar refractivity (Wildman–Crippen MR) is 99.5 cm³/mol. The van der Waals surface area contributed by atoms with Gasteiger partial charge in [0.25, 0.3) is 5.56 Å². The van der Waals surface area contributed by atoms with Crippen LogP contribution in [0.25, 0.3) is 12.2 Å².